The Kier molecular flexibility index (Phi) is 5.23. The summed E-state index contributed by atoms with van der Waals surface area (Å²) in [6.45, 7) is 0. The van der Waals surface area contributed by atoms with Gasteiger partial charge in [-0.2, -0.15) is 5.26 Å². The van der Waals surface area contributed by atoms with Gasteiger partial charge in [0.1, 0.15) is 6.29 Å². The molecule has 2 heteroatoms. The molecule has 18 heavy (non-hydrogen) atoms. The molecule has 0 N–H and O–H groups in total. The molecule has 2 nitrogen and oxygen atoms in total. The molecule has 0 heterocycles. The molecule has 0 aromatic rings. The highest BCUT2D eigenvalue weighted by atomic mass is 16.1. The minimum atomic E-state index is 0.338. The van der Waals surface area contributed by atoms with Crippen molar-refractivity contribution in [1.29, 1.82) is 5.26 Å². The molecule has 0 spiro atoms. The molecule has 2 saturated carbocycles. The molecule has 0 radical (unpaired) electrons. The van der Waals surface area contributed by atoms with Crippen LogP contribution in [0.15, 0.2) is 0 Å². The quantitative estimate of drug-likeness (QED) is 0.702. The molecular formula is C16H25NO. The lowest BCUT2D eigenvalue weighted by Crippen LogP contribution is -2.25. The van der Waals surface area contributed by atoms with Gasteiger partial charge < -0.3 is 4.79 Å². The molecule has 2 rings (SSSR count). The van der Waals surface area contributed by atoms with Gasteiger partial charge in [0.05, 0.1) is 6.07 Å². The van der Waals surface area contributed by atoms with Crippen molar-refractivity contribution in [2.75, 3.05) is 0 Å². The zero-order chi connectivity index (χ0) is 12.8. The van der Waals surface area contributed by atoms with Gasteiger partial charge in [0.25, 0.3) is 0 Å². The van der Waals surface area contributed by atoms with Crippen LogP contribution in [-0.4, -0.2) is 6.29 Å². The van der Waals surface area contributed by atoms with Gasteiger partial charge in [-0.05, 0) is 62.7 Å². The van der Waals surface area contributed by atoms with Crippen LogP contribution in [0.25, 0.3) is 0 Å². The summed E-state index contributed by atoms with van der Waals surface area (Å²) in [4.78, 5) is 10.4. The maximum absolute atomic E-state index is 10.4. The summed E-state index contributed by atoms with van der Waals surface area (Å²) in [5.74, 6) is 2.95. The third-order valence-electron chi connectivity index (χ3n) is 5.21. The fraction of sp³-hybridized carbons (Fsp3) is 0.875. The van der Waals surface area contributed by atoms with Gasteiger partial charge in [-0.3, -0.25) is 0 Å². The van der Waals surface area contributed by atoms with E-state index in [0.29, 0.717) is 5.92 Å². The zero-order valence-electron chi connectivity index (χ0n) is 11.3. The lowest BCUT2D eigenvalue weighted by Gasteiger charge is -2.36. The molecule has 0 atom stereocenters. The summed E-state index contributed by atoms with van der Waals surface area (Å²) >= 11 is 0. The number of carbonyl (C=O) groups excluding carboxylic acids is 1. The summed E-state index contributed by atoms with van der Waals surface area (Å²) in [6.07, 6.45) is 13.1. The van der Waals surface area contributed by atoms with Crippen LogP contribution in [0.5, 0.6) is 0 Å². The number of nitrogens with zero attached hydrogens (tertiary/aromatic N) is 1. The Balaban J connectivity index is 1.70. The van der Waals surface area contributed by atoms with Crippen molar-refractivity contribution in [2.45, 2.75) is 64.2 Å². The molecule has 0 aromatic carbocycles. The van der Waals surface area contributed by atoms with Gasteiger partial charge in [0.2, 0.25) is 0 Å². The first-order valence-electron chi connectivity index (χ1n) is 7.66. The molecule has 0 amide bonds. The maximum atomic E-state index is 10.4. The topological polar surface area (TPSA) is 40.9 Å². The van der Waals surface area contributed by atoms with Crippen LogP contribution in [0.3, 0.4) is 0 Å². The van der Waals surface area contributed by atoms with E-state index in [9.17, 15) is 4.79 Å². The summed E-state index contributed by atoms with van der Waals surface area (Å²) in [5, 5.41) is 8.93. The van der Waals surface area contributed by atoms with E-state index in [1.165, 1.54) is 38.5 Å². The van der Waals surface area contributed by atoms with E-state index in [1.54, 1.807) is 0 Å². The average Bonchev–Trinajstić information content (AvgIpc) is 2.46. The van der Waals surface area contributed by atoms with E-state index in [4.69, 9.17) is 5.26 Å². The Bertz CT molecular complexity index is 291. The second-order valence-electron chi connectivity index (χ2n) is 6.27. The van der Waals surface area contributed by atoms with Crippen LogP contribution in [0.2, 0.25) is 0 Å². The lowest BCUT2D eigenvalue weighted by atomic mass is 9.69. The van der Waals surface area contributed by atoms with Crippen molar-refractivity contribution < 1.29 is 4.79 Å². The van der Waals surface area contributed by atoms with Gasteiger partial charge in [0.15, 0.2) is 0 Å². The van der Waals surface area contributed by atoms with Crippen molar-refractivity contribution in [2.24, 2.45) is 23.7 Å². The van der Waals surface area contributed by atoms with Crippen LogP contribution in [0.4, 0.5) is 0 Å². The SMILES string of the molecule is N#CC1CCC(C2CCC(CCC=O)CC2)CC1. The van der Waals surface area contributed by atoms with Crippen LogP contribution in [0.1, 0.15) is 64.2 Å². The van der Waals surface area contributed by atoms with Crippen molar-refractivity contribution >= 4 is 6.29 Å². The lowest BCUT2D eigenvalue weighted by molar-refractivity contribution is -0.108. The van der Waals surface area contributed by atoms with Crippen molar-refractivity contribution in [3.8, 4) is 6.07 Å². The predicted molar refractivity (Wildman–Crippen MR) is 71.8 cm³/mol. The highest BCUT2D eigenvalue weighted by Crippen LogP contribution is 2.41. The number of nitriles is 1. The molecule has 0 bridgehead atoms. The van der Waals surface area contributed by atoms with Gasteiger partial charge in [-0.15, -0.1) is 0 Å². The maximum Gasteiger partial charge on any atom is 0.120 e. The van der Waals surface area contributed by atoms with Crippen LogP contribution >= 0.6 is 0 Å². The first-order chi connectivity index (χ1) is 8.83. The van der Waals surface area contributed by atoms with E-state index < -0.39 is 0 Å². The largest absolute Gasteiger partial charge is 0.303 e. The predicted octanol–water partition coefficient (Wildman–Crippen LogP) is 4.10. The second kappa shape index (κ2) is 6.92. The van der Waals surface area contributed by atoms with Gasteiger partial charge in [0, 0.05) is 12.3 Å². The number of carbonyl (C=O) groups is 1. The first kappa shape index (κ1) is 13.6. The Morgan fingerprint density at radius 2 is 1.50 bits per heavy atom. The van der Waals surface area contributed by atoms with Gasteiger partial charge >= 0.3 is 0 Å². The van der Waals surface area contributed by atoms with Crippen LogP contribution in [0, 0.1) is 35.0 Å². The molecule has 100 valence electrons. The molecule has 0 aromatic heterocycles. The van der Waals surface area contributed by atoms with E-state index in [1.807, 2.05) is 0 Å². The summed E-state index contributed by atoms with van der Waals surface area (Å²) < 4.78 is 0. The van der Waals surface area contributed by atoms with Crippen LogP contribution in [-0.2, 0) is 4.79 Å². The summed E-state index contributed by atoms with van der Waals surface area (Å²) in [7, 11) is 0. The summed E-state index contributed by atoms with van der Waals surface area (Å²) in [6, 6.07) is 2.42. The molecule has 2 fully saturated rings. The molecule has 2 aliphatic carbocycles. The Morgan fingerprint density at radius 3 is 2.00 bits per heavy atom. The number of aldehydes is 1. The minimum absolute atomic E-state index is 0.338. The minimum Gasteiger partial charge on any atom is -0.303 e. The normalized spacial score (nSPS) is 36.8. The monoisotopic (exact) mass is 247 g/mol. The van der Waals surface area contributed by atoms with E-state index in [-0.39, 0.29) is 0 Å². The summed E-state index contributed by atoms with van der Waals surface area (Å²) in [5.41, 5.74) is 0. The Hall–Kier alpha value is -0.840. The Morgan fingerprint density at radius 1 is 0.944 bits per heavy atom. The van der Waals surface area contributed by atoms with Crippen LogP contribution < -0.4 is 0 Å². The van der Waals surface area contributed by atoms with Crippen molar-refractivity contribution in [3.63, 3.8) is 0 Å². The first-order valence-corrected chi connectivity index (χ1v) is 7.66. The Labute approximate surface area is 111 Å². The number of hydrogen-bond donors (Lipinski definition) is 0. The number of hydrogen-bond acceptors (Lipinski definition) is 2. The van der Waals surface area contributed by atoms with E-state index >= 15 is 0 Å². The molecule has 0 aliphatic heterocycles. The zero-order valence-corrected chi connectivity index (χ0v) is 11.3. The highest BCUT2D eigenvalue weighted by Gasteiger charge is 2.30. The fourth-order valence-electron chi connectivity index (χ4n) is 3.97. The van der Waals surface area contributed by atoms with E-state index in [2.05, 4.69) is 6.07 Å². The fourth-order valence-corrected chi connectivity index (χ4v) is 3.97. The molecular weight excluding hydrogens is 222 g/mol. The molecule has 2 aliphatic rings. The highest BCUT2D eigenvalue weighted by molar-refractivity contribution is 5.49. The van der Waals surface area contributed by atoms with Crippen molar-refractivity contribution in [1.82, 2.24) is 0 Å². The molecule has 0 saturated heterocycles. The molecule has 0 unspecified atom stereocenters. The van der Waals surface area contributed by atoms with E-state index in [0.717, 1.165) is 49.7 Å². The average molecular weight is 247 g/mol. The second-order valence-corrected chi connectivity index (χ2v) is 6.27. The third kappa shape index (κ3) is 3.57. The van der Waals surface area contributed by atoms with Gasteiger partial charge in [-0.1, -0.05) is 12.8 Å². The van der Waals surface area contributed by atoms with Gasteiger partial charge in [-0.25, -0.2) is 0 Å². The third-order valence-corrected chi connectivity index (χ3v) is 5.21. The standard InChI is InChI=1S/C16H25NO/c17-12-14-5-9-16(10-6-14)15-7-3-13(4-8-15)2-1-11-18/h11,13-16H,1-10H2. The van der Waals surface area contributed by atoms with Crippen molar-refractivity contribution in [3.05, 3.63) is 0 Å². The smallest absolute Gasteiger partial charge is 0.120 e. The number of rotatable bonds is 4.